The summed E-state index contributed by atoms with van der Waals surface area (Å²) in [5, 5.41) is 0. The first kappa shape index (κ1) is 22.7. The predicted molar refractivity (Wildman–Crippen MR) is 123 cm³/mol. The number of hydrogen-bond acceptors (Lipinski definition) is 4. The summed E-state index contributed by atoms with van der Waals surface area (Å²) in [7, 11) is 0. The molecule has 0 heterocycles. The van der Waals surface area contributed by atoms with Gasteiger partial charge in [-0.25, -0.2) is 0 Å². The van der Waals surface area contributed by atoms with Gasteiger partial charge in [0.2, 0.25) is 0 Å². The van der Waals surface area contributed by atoms with Crippen molar-refractivity contribution < 1.29 is 18.9 Å². The maximum atomic E-state index is 6.04. The molecule has 0 spiro atoms. The van der Waals surface area contributed by atoms with Crippen LogP contribution in [0.4, 0.5) is 0 Å². The second kappa shape index (κ2) is 10.7. The zero-order chi connectivity index (χ0) is 18.4. The lowest BCUT2D eigenvalue weighted by molar-refractivity contribution is -0.0665. The number of halogens is 3. The average molecular weight is 672 g/mol. The van der Waals surface area contributed by atoms with Crippen LogP contribution in [0.5, 0.6) is 11.5 Å². The molecule has 0 aliphatic heterocycles. The monoisotopic (exact) mass is 672 g/mol. The summed E-state index contributed by atoms with van der Waals surface area (Å²) in [6.07, 6.45) is -0.681. The number of rotatable bonds is 9. The lowest BCUT2D eigenvalue weighted by atomic mass is 10.1. The van der Waals surface area contributed by atoms with E-state index < -0.39 is 0 Å². The van der Waals surface area contributed by atoms with Crippen molar-refractivity contribution in [3.8, 4) is 11.5 Å². The molecule has 24 heavy (non-hydrogen) atoms. The topological polar surface area (TPSA) is 36.9 Å². The van der Waals surface area contributed by atoms with E-state index in [-0.39, 0.29) is 12.6 Å². The van der Waals surface area contributed by atoms with Crippen LogP contribution in [0.3, 0.4) is 0 Å². The van der Waals surface area contributed by atoms with Crippen LogP contribution in [0, 0.1) is 10.7 Å². The van der Waals surface area contributed by atoms with E-state index in [9.17, 15) is 0 Å². The number of allylic oxidation sites excluding steroid dienone is 1. The molecule has 0 amide bonds. The van der Waals surface area contributed by atoms with Gasteiger partial charge in [0.15, 0.2) is 24.1 Å². The van der Waals surface area contributed by atoms with Crippen LogP contribution in [-0.2, 0) is 9.47 Å². The maximum absolute atomic E-state index is 6.04. The molecule has 0 aromatic heterocycles. The maximum Gasteiger partial charge on any atom is 0.197 e. The lowest BCUT2D eigenvalue weighted by Crippen LogP contribution is -2.20. The van der Waals surface area contributed by atoms with Gasteiger partial charge in [0.1, 0.15) is 0 Å². The summed E-state index contributed by atoms with van der Waals surface area (Å²) in [5.41, 5.74) is 2.00. The Balaban J connectivity index is 3.41. The van der Waals surface area contributed by atoms with Gasteiger partial charge in [-0.15, -0.1) is 0 Å². The van der Waals surface area contributed by atoms with Crippen molar-refractivity contribution in [3.63, 3.8) is 0 Å². The van der Waals surface area contributed by atoms with E-state index in [0.29, 0.717) is 13.2 Å². The van der Waals surface area contributed by atoms with E-state index >= 15 is 0 Å². The molecule has 136 valence electrons. The Morgan fingerprint density at radius 3 is 1.54 bits per heavy atom. The van der Waals surface area contributed by atoms with E-state index in [1.165, 1.54) is 0 Å². The van der Waals surface area contributed by atoms with E-state index in [1.54, 1.807) is 0 Å². The second-order valence-corrected chi connectivity index (χ2v) is 8.27. The molecule has 1 aromatic rings. The zero-order valence-corrected chi connectivity index (χ0v) is 21.0. The fourth-order valence-electron chi connectivity index (χ4n) is 2.07. The Kier molecular flexibility index (Phi) is 10.2. The van der Waals surface area contributed by atoms with Crippen LogP contribution in [0.25, 0.3) is 5.57 Å². The smallest absolute Gasteiger partial charge is 0.197 e. The van der Waals surface area contributed by atoms with E-state index in [2.05, 4.69) is 74.4 Å². The molecule has 0 saturated heterocycles. The van der Waals surface area contributed by atoms with Gasteiger partial charge < -0.3 is 18.9 Å². The van der Waals surface area contributed by atoms with Crippen LogP contribution >= 0.6 is 67.8 Å². The summed E-state index contributed by atoms with van der Waals surface area (Å²) in [5.74, 6) is 1.52. The molecular weight excluding hydrogens is 649 g/mol. The van der Waals surface area contributed by atoms with Crippen molar-refractivity contribution >= 4 is 73.3 Å². The fraction of sp³-hybridized carbons (Fsp3) is 0.529. The number of hydrogen-bond donors (Lipinski definition) is 0. The van der Waals surface area contributed by atoms with Crippen molar-refractivity contribution in [3.05, 3.63) is 22.9 Å². The Hall–Kier alpha value is 0.670. The normalized spacial score (nSPS) is 13.5. The van der Waals surface area contributed by atoms with Crippen molar-refractivity contribution in [1.29, 1.82) is 0 Å². The molecule has 7 heteroatoms. The largest absolute Gasteiger partial charge is 0.463 e. The van der Waals surface area contributed by atoms with Crippen LogP contribution < -0.4 is 9.47 Å². The van der Waals surface area contributed by atoms with E-state index in [4.69, 9.17) is 18.9 Å². The molecular formula is C17H23I3O4. The first-order chi connectivity index (χ1) is 11.2. The Morgan fingerprint density at radius 1 is 0.875 bits per heavy atom. The van der Waals surface area contributed by atoms with E-state index in [1.807, 2.05) is 34.6 Å². The highest BCUT2D eigenvalue weighted by molar-refractivity contribution is 14.1. The summed E-state index contributed by atoms with van der Waals surface area (Å²) >= 11 is 6.85. The molecule has 0 fully saturated rings. The van der Waals surface area contributed by atoms with Crippen LogP contribution in [0.1, 0.15) is 40.2 Å². The van der Waals surface area contributed by atoms with Gasteiger partial charge in [-0.2, -0.15) is 0 Å². The first-order valence-electron chi connectivity index (χ1n) is 7.67. The molecule has 0 aliphatic carbocycles. The number of ether oxygens (including phenoxy) is 4. The lowest BCUT2D eigenvalue weighted by Gasteiger charge is -2.24. The molecule has 0 radical (unpaired) electrons. The highest BCUT2D eigenvalue weighted by atomic mass is 127. The van der Waals surface area contributed by atoms with Crippen LogP contribution in [0.2, 0.25) is 0 Å². The minimum Gasteiger partial charge on any atom is -0.463 e. The fourth-order valence-corrected chi connectivity index (χ4v) is 6.67. The molecule has 0 N–H and O–H groups in total. The average Bonchev–Trinajstić information content (AvgIpc) is 2.48. The molecule has 1 rings (SSSR count). The Morgan fingerprint density at radius 2 is 1.25 bits per heavy atom. The van der Waals surface area contributed by atoms with Crippen LogP contribution in [0.15, 0.2) is 6.58 Å². The van der Waals surface area contributed by atoms with Gasteiger partial charge in [-0.05, 0) is 108 Å². The Bertz CT molecular complexity index is 549. The van der Waals surface area contributed by atoms with Crippen molar-refractivity contribution in [1.82, 2.24) is 0 Å². The number of benzene rings is 1. The Labute approximate surface area is 185 Å². The van der Waals surface area contributed by atoms with Gasteiger partial charge in [0, 0.05) is 18.8 Å². The predicted octanol–water partition coefficient (Wildman–Crippen LogP) is 6.06. The SMILES string of the molecule is C=C(C)c1c(I)c(OC(C)OCC)c(I)c(OC(C)OCC)c1I. The third-order valence-electron chi connectivity index (χ3n) is 3.03. The molecule has 0 aliphatic rings. The van der Waals surface area contributed by atoms with E-state index in [0.717, 1.165) is 33.3 Å². The van der Waals surface area contributed by atoms with Gasteiger partial charge in [-0.1, -0.05) is 6.58 Å². The minimum atomic E-state index is -0.341. The molecule has 1 aromatic carbocycles. The highest BCUT2D eigenvalue weighted by Gasteiger charge is 2.25. The van der Waals surface area contributed by atoms with Crippen molar-refractivity contribution in [2.24, 2.45) is 0 Å². The standard InChI is InChI=1S/C17H23I3O4/c1-7-21-10(5)23-16-13(18)12(9(3)4)14(19)17(15(16)20)24-11(6)22-8-2/h10-11H,3,7-8H2,1-2,4-6H3. The van der Waals surface area contributed by atoms with Gasteiger partial charge >= 0.3 is 0 Å². The summed E-state index contributed by atoms with van der Waals surface area (Å²) < 4.78 is 26.1. The van der Waals surface area contributed by atoms with Crippen LogP contribution in [-0.4, -0.2) is 25.8 Å². The molecule has 0 saturated carbocycles. The molecule has 4 nitrogen and oxygen atoms in total. The van der Waals surface area contributed by atoms with Crippen molar-refractivity contribution in [2.75, 3.05) is 13.2 Å². The van der Waals surface area contributed by atoms with Gasteiger partial charge in [-0.3, -0.25) is 0 Å². The van der Waals surface area contributed by atoms with Gasteiger partial charge in [0.05, 0.1) is 10.7 Å². The second-order valence-electron chi connectivity index (χ2n) is 5.04. The summed E-state index contributed by atoms with van der Waals surface area (Å²) in [6.45, 7) is 14.9. The third-order valence-corrected chi connectivity index (χ3v) is 6.07. The third kappa shape index (κ3) is 5.85. The molecule has 0 bridgehead atoms. The highest BCUT2D eigenvalue weighted by Crippen LogP contribution is 2.44. The summed E-state index contributed by atoms with van der Waals surface area (Å²) in [6, 6.07) is 0. The van der Waals surface area contributed by atoms with Gasteiger partial charge in [0.25, 0.3) is 0 Å². The van der Waals surface area contributed by atoms with Crippen molar-refractivity contribution in [2.45, 2.75) is 47.2 Å². The molecule has 2 atom stereocenters. The quantitative estimate of drug-likeness (QED) is 0.237. The zero-order valence-electron chi connectivity index (χ0n) is 14.5. The first-order valence-corrected chi connectivity index (χ1v) is 10.9. The minimum absolute atomic E-state index is 0.341. The summed E-state index contributed by atoms with van der Waals surface area (Å²) in [4.78, 5) is 0. The molecule has 2 unspecified atom stereocenters.